The minimum Gasteiger partial charge on any atom is -0.507 e. The van der Waals surface area contributed by atoms with E-state index in [-0.39, 0.29) is 17.7 Å². The number of hydrogen-bond acceptors (Lipinski definition) is 3. The maximum Gasteiger partial charge on any atom is 0.255 e. The van der Waals surface area contributed by atoms with E-state index < -0.39 is 0 Å². The molecule has 1 aromatic carbocycles. The van der Waals surface area contributed by atoms with Crippen molar-refractivity contribution in [3.05, 3.63) is 28.2 Å². The highest BCUT2D eigenvalue weighted by molar-refractivity contribution is 9.10. The maximum atomic E-state index is 12.0. The summed E-state index contributed by atoms with van der Waals surface area (Å²) in [4.78, 5) is 12.0. The molecule has 0 atom stereocenters. The van der Waals surface area contributed by atoms with Gasteiger partial charge in [0.1, 0.15) is 5.75 Å². The van der Waals surface area contributed by atoms with Gasteiger partial charge in [0.2, 0.25) is 0 Å². The Balaban J connectivity index is 2.05. The predicted molar refractivity (Wildman–Crippen MR) is 67.1 cm³/mol. The Hall–Kier alpha value is -1.07. The maximum absolute atomic E-state index is 12.0. The van der Waals surface area contributed by atoms with E-state index in [1.807, 2.05) is 0 Å². The molecule has 1 fully saturated rings. The average Bonchev–Trinajstić information content (AvgIpc) is 2.33. The van der Waals surface area contributed by atoms with Crippen molar-refractivity contribution in [1.29, 1.82) is 0 Å². The summed E-state index contributed by atoms with van der Waals surface area (Å²) in [5.74, 6) is -0.242. The van der Waals surface area contributed by atoms with Gasteiger partial charge < -0.3 is 15.2 Å². The van der Waals surface area contributed by atoms with Crippen LogP contribution in [-0.4, -0.2) is 30.3 Å². The molecule has 2 N–H and O–H groups in total. The van der Waals surface area contributed by atoms with Crippen molar-refractivity contribution in [3.8, 4) is 5.75 Å². The lowest BCUT2D eigenvalue weighted by Crippen LogP contribution is -2.38. The van der Waals surface area contributed by atoms with Crippen LogP contribution >= 0.6 is 15.9 Å². The second kappa shape index (κ2) is 5.51. The molecule has 1 amide bonds. The van der Waals surface area contributed by atoms with E-state index >= 15 is 0 Å². The number of phenolic OH excluding ortho intramolecular Hbond substituents is 1. The largest absolute Gasteiger partial charge is 0.507 e. The van der Waals surface area contributed by atoms with E-state index in [0.717, 1.165) is 17.3 Å². The zero-order valence-electron chi connectivity index (χ0n) is 9.28. The van der Waals surface area contributed by atoms with Crippen molar-refractivity contribution < 1.29 is 14.6 Å². The van der Waals surface area contributed by atoms with Crippen LogP contribution in [0, 0.1) is 0 Å². The Labute approximate surface area is 108 Å². The molecule has 17 heavy (non-hydrogen) atoms. The first kappa shape index (κ1) is 12.4. The quantitative estimate of drug-likeness (QED) is 0.879. The van der Waals surface area contributed by atoms with Gasteiger partial charge in [0, 0.05) is 23.7 Å². The standard InChI is InChI=1S/C12H14BrNO3/c13-8-1-2-11(15)10(7-8)12(16)14-9-3-5-17-6-4-9/h1-2,7,9,15H,3-6H2,(H,14,16). The molecule has 1 heterocycles. The van der Waals surface area contributed by atoms with Crippen molar-refractivity contribution in [3.63, 3.8) is 0 Å². The zero-order valence-corrected chi connectivity index (χ0v) is 10.9. The van der Waals surface area contributed by atoms with Crippen LogP contribution in [0.25, 0.3) is 0 Å². The topological polar surface area (TPSA) is 58.6 Å². The number of aromatic hydroxyl groups is 1. The molecule has 0 spiro atoms. The number of phenols is 1. The summed E-state index contributed by atoms with van der Waals surface area (Å²) >= 11 is 3.28. The van der Waals surface area contributed by atoms with Crippen molar-refractivity contribution >= 4 is 21.8 Å². The van der Waals surface area contributed by atoms with Gasteiger partial charge in [-0.25, -0.2) is 0 Å². The zero-order chi connectivity index (χ0) is 12.3. The first-order valence-electron chi connectivity index (χ1n) is 5.54. The fraction of sp³-hybridized carbons (Fsp3) is 0.417. The first-order chi connectivity index (χ1) is 8.16. The van der Waals surface area contributed by atoms with Gasteiger partial charge in [-0.15, -0.1) is 0 Å². The molecular weight excluding hydrogens is 286 g/mol. The monoisotopic (exact) mass is 299 g/mol. The SMILES string of the molecule is O=C(NC1CCOCC1)c1cc(Br)ccc1O. The molecule has 1 aromatic rings. The molecule has 4 nitrogen and oxygen atoms in total. The Morgan fingerprint density at radius 2 is 2.12 bits per heavy atom. The van der Waals surface area contributed by atoms with E-state index in [1.54, 1.807) is 12.1 Å². The Morgan fingerprint density at radius 3 is 2.82 bits per heavy atom. The summed E-state index contributed by atoms with van der Waals surface area (Å²) in [5, 5.41) is 12.5. The molecule has 0 aromatic heterocycles. The number of rotatable bonds is 2. The molecule has 0 bridgehead atoms. The van der Waals surface area contributed by atoms with Gasteiger partial charge in [-0.05, 0) is 31.0 Å². The number of nitrogens with one attached hydrogen (secondary N) is 1. The molecule has 2 rings (SSSR count). The first-order valence-corrected chi connectivity index (χ1v) is 6.33. The summed E-state index contributed by atoms with van der Waals surface area (Å²) in [7, 11) is 0. The normalized spacial score (nSPS) is 16.8. The third-order valence-electron chi connectivity index (χ3n) is 2.76. The molecule has 1 aliphatic rings. The van der Waals surface area contributed by atoms with Crippen LogP contribution in [0.15, 0.2) is 22.7 Å². The molecule has 0 saturated carbocycles. The van der Waals surface area contributed by atoms with Gasteiger partial charge in [0.05, 0.1) is 5.56 Å². The van der Waals surface area contributed by atoms with Crippen molar-refractivity contribution in [2.45, 2.75) is 18.9 Å². The molecule has 0 radical (unpaired) electrons. The minimum absolute atomic E-state index is 0.00207. The Morgan fingerprint density at radius 1 is 1.41 bits per heavy atom. The van der Waals surface area contributed by atoms with Crippen LogP contribution in [0.4, 0.5) is 0 Å². The smallest absolute Gasteiger partial charge is 0.255 e. The number of carbonyl (C=O) groups is 1. The lowest BCUT2D eigenvalue weighted by Gasteiger charge is -2.23. The molecule has 0 aliphatic carbocycles. The highest BCUT2D eigenvalue weighted by atomic mass is 79.9. The average molecular weight is 300 g/mol. The highest BCUT2D eigenvalue weighted by Crippen LogP contribution is 2.22. The third-order valence-corrected chi connectivity index (χ3v) is 3.25. The van der Waals surface area contributed by atoms with Gasteiger partial charge in [0.15, 0.2) is 0 Å². The molecule has 92 valence electrons. The van der Waals surface area contributed by atoms with Crippen LogP contribution in [0.3, 0.4) is 0 Å². The molecule has 1 aliphatic heterocycles. The number of benzene rings is 1. The van der Waals surface area contributed by atoms with Gasteiger partial charge in [-0.3, -0.25) is 4.79 Å². The van der Waals surface area contributed by atoms with Crippen LogP contribution < -0.4 is 5.32 Å². The summed E-state index contributed by atoms with van der Waals surface area (Å²) < 4.78 is 5.99. The number of hydrogen-bond donors (Lipinski definition) is 2. The second-order valence-corrected chi connectivity index (χ2v) is 4.94. The van der Waals surface area contributed by atoms with Gasteiger partial charge >= 0.3 is 0 Å². The number of halogens is 1. The molecular formula is C12H14BrNO3. The van der Waals surface area contributed by atoms with E-state index in [1.165, 1.54) is 6.07 Å². The van der Waals surface area contributed by atoms with E-state index in [0.29, 0.717) is 18.8 Å². The lowest BCUT2D eigenvalue weighted by atomic mass is 10.1. The number of carbonyl (C=O) groups excluding carboxylic acids is 1. The van der Waals surface area contributed by atoms with Gasteiger partial charge in [-0.1, -0.05) is 15.9 Å². The third kappa shape index (κ3) is 3.20. The van der Waals surface area contributed by atoms with E-state index in [4.69, 9.17) is 4.74 Å². The number of ether oxygens (including phenoxy) is 1. The van der Waals surface area contributed by atoms with Gasteiger partial charge in [-0.2, -0.15) is 0 Å². The van der Waals surface area contributed by atoms with E-state index in [2.05, 4.69) is 21.2 Å². The van der Waals surface area contributed by atoms with Crippen molar-refractivity contribution in [1.82, 2.24) is 5.32 Å². The fourth-order valence-corrected chi connectivity index (χ4v) is 2.16. The molecule has 0 unspecified atom stereocenters. The van der Waals surface area contributed by atoms with Crippen LogP contribution in [0.5, 0.6) is 5.75 Å². The predicted octanol–water partition coefficient (Wildman–Crippen LogP) is 2.06. The Bertz CT molecular complexity index is 416. The van der Waals surface area contributed by atoms with Crippen LogP contribution in [-0.2, 0) is 4.74 Å². The second-order valence-electron chi connectivity index (χ2n) is 4.02. The molecule has 5 heteroatoms. The van der Waals surface area contributed by atoms with Crippen molar-refractivity contribution in [2.24, 2.45) is 0 Å². The van der Waals surface area contributed by atoms with Crippen molar-refractivity contribution in [2.75, 3.05) is 13.2 Å². The number of amides is 1. The summed E-state index contributed by atoms with van der Waals surface area (Å²) in [6.07, 6.45) is 1.64. The summed E-state index contributed by atoms with van der Waals surface area (Å²) in [5.41, 5.74) is 0.297. The highest BCUT2D eigenvalue weighted by Gasteiger charge is 2.18. The van der Waals surface area contributed by atoms with Crippen LogP contribution in [0.2, 0.25) is 0 Å². The molecule has 1 saturated heterocycles. The van der Waals surface area contributed by atoms with Crippen LogP contribution in [0.1, 0.15) is 23.2 Å². The lowest BCUT2D eigenvalue weighted by molar-refractivity contribution is 0.0695. The minimum atomic E-state index is -0.240. The van der Waals surface area contributed by atoms with E-state index in [9.17, 15) is 9.90 Å². The fourth-order valence-electron chi connectivity index (χ4n) is 1.80. The Kier molecular flexibility index (Phi) is 4.02. The summed E-state index contributed by atoms with van der Waals surface area (Å²) in [6.45, 7) is 1.35. The summed E-state index contributed by atoms with van der Waals surface area (Å²) in [6, 6.07) is 4.95. The van der Waals surface area contributed by atoms with Gasteiger partial charge in [0.25, 0.3) is 5.91 Å².